The molecular formula is C15H25NO5. The Bertz CT molecular complexity index is 363. The number of hydrogen-bond acceptors (Lipinski definition) is 4. The van der Waals surface area contributed by atoms with Crippen molar-refractivity contribution in [3.05, 3.63) is 0 Å². The highest BCUT2D eigenvalue weighted by Crippen LogP contribution is 2.27. The first-order chi connectivity index (χ1) is 10.0. The second kappa shape index (κ2) is 9.37. The van der Waals surface area contributed by atoms with Crippen LogP contribution in [0.25, 0.3) is 0 Å². The van der Waals surface area contributed by atoms with Crippen LogP contribution in [0.3, 0.4) is 0 Å². The van der Waals surface area contributed by atoms with Crippen LogP contribution in [0.2, 0.25) is 0 Å². The zero-order valence-electron chi connectivity index (χ0n) is 12.6. The van der Waals surface area contributed by atoms with E-state index >= 15 is 0 Å². The van der Waals surface area contributed by atoms with E-state index in [4.69, 9.17) is 5.11 Å². The van der Waals surface area contributed by atoms with Crippen molar-refractivity contribution in [3.8, 4) is 0 Å². The van der Waals surface area contributed by atoms with Gasteiger partial charge in [-0.3, -0.25) is 9.59 Å². The van der Waals surface area contributed by atoms with E-state index in [1.807, 2.05) is 0 Å². The zero-order valence-corrected chi connectivity index (χ0v) is 12.6. The zero-order chi connectivity index (χ0) is 15.7. The normalized spacial score (nSPS) is 17.0. The summed E-state index contributed by atoms with van der Waals surface area (Å²) < 4.78 is 4.42. The molecule has 21 heavy (non-hydrogen) atoms. The van der Waals surface area contributed by atoms with Gasteiger partial charge in [-0.05, 0) is 18.8 Å². The Morgan fingerprint density at radius 2 is 1.90 bits per heavy atom. The topological polar surface area (TPSA) is 92.7 Å². The number of rotatable bonds is 8. The van der Waals surface area contributed by atoms with Gasteiger partial charge in [0.15, 0.2) is 0 Å². The smallest absolute Gasteiger partial charge is 0.326 e. The van der Waals surface area contributed by atoms with E-state index in [0.717, 1.165) is 12.8 Å². The molecule has 1 atom stereocenters. The van der Waals surface area contributed by atoms with Crippen molar-refractivity contribution in [2.75, 3.05) is 7.11 Å². The van der Waals surface area contributed by atoms with Gasteiger partial charge in [0.1, 0.15) is 6.04 Å². The lowest BCUT2D eigenvalue weighted by molar-refractivity contribution is -0.148. The van der Waals surface area contributed by atoms with Crippen molar-refractivity contribution in [2.45, 2.75) is 63.8 Å². The van der Waals surface area contributed by atoms with E-state index in [1.165, 1.54) is 39.2 Å². The first kappa shape index (κ1) is 17.5. The first-order valence-corrected chi connectivity index (χ1v) is 7.62. The van der Waals surface area contributed by atoms with Crippen LogP contribution in [0.4, 0.5) is 0 Å². The highest BCUT2D eigenvalue weighted by Gasteiger charge is 2.23. The van der Waals surface area contributed by atoms with Crippen molar-refractivity contribution in [1.29, 1.82) is 0 Å². The molecule has 6 heteroatoms. The van der Waals surface area contributed by atoms with E-state index < -0.39 is 18.0 Å². The van der Waals surface area contributed by atoms with E-state index in [9.17, 15) is 14.4 Å². The number of carboxylic acids is 1. The standard InChI is InChI=1S/C15H25NO5/c1-21-14(18)10-12(15(19)20)16-13(17)9-5-8-11-6-3-2-4-7-11/h11-12H,2-10H2,1H3,(H,16,17)(H,19,20)/t12-/m0/s1. The Hall–Kier alpha value is -1.59. The number of carbonyl (C=O) groups excluding carboxylic acids is 2. The van der Waals surface area contributed by atoms with Crippen molar-refractivity contribution < 1.29 is 24.2 Å². The molecule has 1 amide bonds. The van der Waals surface area contributed by atoms with Gasteiger partial charge in [0.2, 0.25) is 5.91 Å². The molecular weight excluding hydrogens is 274 g/mol. The van der Waals surface area contributed by atoms with E-state index in [0.29, 0.717) is 12.3 Å². The molecule has 0 heterocycles. The summed E-state index contributed by atoms with van der Waals surface area (Å²) in [7, 11) is 1.19. The number of aliphatic carboxylic acids is 1. The van der Waals surface area contributed by atoms with Crippen molar-refractivity contribution in [1.82, 2.24) is 5.32 Å². The summed E-state index contributed by atoms with van der Waals surface area (Å²) in [5.74, 6) is -1.48. The number of hydrogen-bond donors (Lipinski definition) is 2. The molecule has 1 aliphatic carbocycles. The summed E-state index contributed by atoms with van der Waals surface area (Å²) in [6.07, 6.45) is 8.08. The van der Waals surface area contributed by atoms with E-state index in [1.54, 1.807) is 0 Å². The van der Waals surface area contributed by atoms with Crippen molar-refractivity contribution in [2.24, 2.45) is 5.92 Å². The van der Waals surface area contributed by atoms with Crippen LogP contribution in [0.5, 0.6) is 0 Å². The predicted octanol–water partition coefficient (Wildman–Crippen LogP) is 1.87. The largest absolute Gasteiger partial charge is 0.480 e. The molecule has 0 spiro atoms. The maximum atomic E-state index is 11.7. The van der Waals surface area contributed by atoms with Crippen LogP contribution in [-0.4, -0.2) is 36.1 Å². The third-order valence-corrected chi connectivity index (χ3v) is 3.97. The van der Waals surface area contributed by atoms with Crippen molar-refractivity contribution in [3.63, 3.8) is 0 Å². The maximum absolute atomic E-state index is 11.7. The van der Waals surface area contributed by atoms with Gasteiger partial charge in [-0.25, -0.2) is 4.79 Å². The van der Waals surface area contributed by atoms with Crippen LogP contribution in [-0.2, 0) is 19.1 Å². The van der Waals surface area contributed by atoms with Crippen LogP contribution in [0, 0.1) is 5.92 Å². The van der Waals surface area contributed by atoms with Gasteiger partial charge < -0.3 is 15.2 Å². The van der Waals surface area contributed by atoms with Crippen LogP contribution in [0.15, 0.2) is 0 Å². The molecule has 0 saturated heterocycles. The number of methoxy groups -OCH3 is 1. The summed E-state index contributed by atoms with van der Waals surface area (Å²) in [5, 5.41) is 11.4. The summed E-state index contributed by atoms with van der Waals surface area (Å²) in [6, 6.07) is -1.21. The average Bonchev–Trinajstić information content (AvgIpc) is 2.47. The molecule has 0 unspecified atom stereocenters. The van der Waals surface area contributed by atoms with Gasteiger partial charge in [-0.2, -0.15) is 0 Å². The number of amides is 1. The van der Waals surface area contributed by atoms with Gasteiger partial charge in [0.05, 0.1) is 13.5 Å². The monoisotopic (exact) mass is 299 g/mol. The number of nitrogens with one attached hydrogen (secondary N) is 1. The average molecular weight is 299 g/mol. The molecule has 0 aromatic rings. The number of carbonyl (C=O) groups is 3. The lowest BCUT2D eigenvalue weighted by atomic mass is 9.86. The molecule has 0 radical (unpaired) electrons. The van der Waals surface area contributed by atoms with Gasteiger partial charge in [0.25, 0.3) is 0 Å². The Balaban J connectivity index is 2.26. The van der Waals surface area contributed by atoms with Crippen LogP contribution >= 0.6 is 0 Å². The molecule has 120 valence electrons. The Labute approximate surface area is 125 Å². The maximum Gasteiger partial charge on any atom is 0.326 e. The van der Waals surface area contributed by atoms with Crippen molar-refractivity contribution >= 4 is 17.8 Å². The quantitative estimate of drug-likeness (QED) is 0.667. The molecule has 0 aromatic heterocycles. The van der Waals surface area contributed by atoms with Crippen LogP contribution in [0.1, 0.15) is 57.8 Å². The lowest BCUT2D eigenvalue weighted by Gasteiger charge is -2.21. The predicted molar refractivity (Wildman–Crippen MR) is 76.6 cm³/mol. The third-order valence-electron chi connectivity index (χ3n) is 3.97. The molecule has 0 aliphatic heterocycles. The summed E-state index contributed by atoms with van der Waals surface area (Å²) in [4.78, 5) is 33.8. The fraction of sp³-hybridized carbons (Fsp3) is 0.800. The van der Waals surface area contributed by atoms with E-state index in [2.05, 4.69) is 10.1 Å². The van der Waals surface area contributed by atoms with Gasteiger partial charge in [-0.15, -0.1) is 0 Å². The fourth-order valence-electron chi connectivity index (χ4n) is 2.74. The Kier molecular flexibility index (Phi) is 7.79. The fourth-order valence-corrected chi connectivity index (χ4v) is 2.74. The molecule has 2 N–H and O–H groups in total. The lowest BCUT2D eigenvalue weighted by Crippen LogP contribution is -2.42. The summed E-state index contributed by atoms with van der Waals surface area (Å²) >= 11 is 0. The molecule has 0 aromatic carbocycles. The second-order valence-electron chi connectivity index (χ2n) is 5.63. The molecule has 1 rings (SSSR count). The number of ether oxygens (including phenoxy) is 1. The second-order valence-corrected chi connectivity index (χ2v) is 5.63. The molecule has 0 bridgehead atoms. The Morgan fingerprint density at radius 1 is 1.24 bits per heavy atom. The molecule has 1 aliphatic rings. The highest BCUT2D eigenvalue weighted by atomic mass is 16.5. The molecule has 1 saturated carbocycles. The highest BCUT2D eigenvalue weighted by molar-refractivity contribution is 5.87. The summed E-state index contributed by atoms with van der Waals surface area (Å²) in [6.45, 7) is 0. The minimum atomic E-state index is -1.22. The van der Waals surface area contributed by atoms with Gasteiger partial charge in [-0.1, -0.05) is 32.1 Å². The van der Waals surface area contributed by atoms with Crippen LogP contribution < -0.4 is 5.32 Å². The third kappa shape index (κ3) is 7.11. The van der Waals surface area contributed by atoms with E-state index in [-0.39, 0.29) is 12.3 Å². The molecule has 6 nitrogen and oxygen atoms in total. The molecule has 1 fully saturated rings. The minimum Gasteiger partial charge on any atom is -0.480 e. The van der Waals surface area contributed by atoms with Gasteiger partial charge >= 0.3 is 11.9 Å². The summed E-state index contributed by atoms with van der Waals surface area (Å²) in [5.41, 5.74) is 0. The number of esters is 1. The first-order valence-electron chi connectivity index (χ1n) is 7.62. The SMILES string of the molecule is COC(=O)C[C@H](NC(=O)CCCC1CCCCC1)C(=O)O. The number of carboxylic acid groups (broad SMARTS) is 1. The van der Waals surface area contributed by atoms with Gasteiger partial charge in [0, 0.05) is 6.42 Å². The Morgan fingerprint density at radius 3 is 2.48 bits per heavy atom. The minimum absolute atomic E-state index is 0.307.